The zero-order chi connectivity index (χ0) is 24.2. The molecule has 0 amide bonds. The van der Waals surface area contributed by atoms with Crippen LogP contribution in [0.3, 0.4) is 0 Å². The molecule has 0 aliphatic heterocycles. The van der Waals surface area contributed by atoms with Crippen LogP contribution in [-0.2, 0) is 20.0 Å². The molecular formula is C23H16F2N10. The number of fused-ring (bicyclic) bond motifs is 2. The molecule has 6 aromatic rings. The Morgan fingerprint density at radius 3 is 1.63 bits per heavy atom. The fourth-order valence-corrected chi connectivity index (χ4v) is 3.83. The molecule has 0 spiro atoms. The highest BCUT2D eigenvalue weighted by Gasteiger charge is 2.37. The Morgan fingerprint density at radius 1 is 0.743 bits per heavy atom. The third-order valence-corrected chi connectivity index (χ3v) is 5.67. The van der Waals surface area contributed by atoms with Gasteiger partial charge in [0.05, 0.1) is 38.9 Å². The molecule has 0 fully saturated rings. The lowest BCUT2D eigenvalue weighted by atomic mass is 10.1. The van der Waals surface area contributed by atoms with E-state index in [1.807, 2.05) is 0 Å². The molecule has 0 aliphatic rings. The lowest BCUT2D eigenvalue weighted by Gasteiger charge is -2.17. The van der Waals surface area contributed by atoms with E-state index in [1.54, 1.807) is 69.2 Å². The first kappa shape index (κ1) is 20.8. The highest BCUT2D eigenvalue weighted by Crippen LogP contribution is 2.34. The fourth-order valence-electron chi connectivity index (χ4n) is 3.83. The highest BCUT2D eigenvalue weighted by atomic mass is 19.3. The van der Waals surface area contributed by atoms with Crippen LogP contribution in [-0.4, -0.2) is 39.0 Å². The second-order valence-corrected chi connectivity index (χ2v) is 7.75. The summed E-state index contributed by atoms with van der Waals surface area (Å²) >= 11 is 0. The Bertz CT molecular complexity index is 1600. The number of hydrogen-bond acceptors (Lipinski definition) is 6. The molecule has 0 N–H and O–H groups in total. The summed E-state index contributed by atoms with van der Waals surface area (Å²) in [5.41, 5.74) is 1.32. The minimum atomic E-state index is -3.51. The molecule has 35 heavy (non-hydrogen) atoms. The zero-order valence-corrected chi connectivity index (χ0v) is 18.5. The summed E-state index contributed by atoms with van der Waals surface area (Å²) in [5.74, 6) is -3.30. The predicted octanol–water partition coefficient (Wildman–Crippen LogP) is 1.29. The van der Waals surface area contributed by atoms with Gasteiger partial charge in [0, 0.05) is 37.2 Å². The number of halogens is 2. The topological polar surface area (TPSA) is 95.4 Å². The van der Waals surface area contributed by atoms with Gasteiger partial charge in [0.15, 0.2) is 0 Å². The SMILES string of the molecule is Cn1c(-c2nccc(C(F)(F)c3ccnc(-c4[c-][n+]5ccncc5n4C)n3)n2)[c-][n+]2ccncc12. The monoisotopic (exact) mass is 470 g/mol. The van der Waals surface area contributed by atoms with Crippen LogP contribution in [0.25, 0.3) is 34.3 Å². The van der Waals surface area contributed by atoms with Gasteiger partial charge >= 0.3 is 5.92 Å². The van der Waals surface area contributed by atoms with Gasteiger partial charge in [-0.05, 0) is 12.1 Å². The van der Waals surface area contributed by atoms with Crippen LogP contribution in [0.15, 0.2) is 61.7 Å². The molecule has 0 saturated heterocycles. The van der Waals surface area contributed by atoms with Gasteiger partial charge in [0.1, 0.15) is 34.4 Å². The average molecular weight is 470 g/mol. The molecule has 0 saturated carbocycles. The Labute approximate surface area is 196 Å². The van der Waals surface area contributed by atoms with Crippen LogP contribution in [0.5, 0.6) is 0 Å². The van der Waals surface area contributed by atoms with Crippen molar-refractivity contribution in [2.24, 2.45) is 14.1 Å². The molecule has 6 rings (SSSR count). The number of alkyl halides is 2. The van der Waals surface area contributed by atoms with Gasteiger partial charge in [-0.3, -0.25) is 39.0 Å². The van der Waals surface area contributed by atoms with E-state index in [1.165, 1.54) is 24.5 Å². The van der Waals surface area contributed by atoms with Gasteiger partial charge in [-0.1, -0.05) is 0 Å². The highest BCUT2D eigenvalue weighted by molar-refractivity contribution is 5.53. The van der Waals surface area contributed by atoms with E-state index in [2.05, 4.69) is 42.3 Å². The maximum Gasteiger partial charge on any atom is 0.329 e. The lowest BCUT2D eigenvalue weighted by molar-refractivity contribution is -0.515. The molecule has 12 heteroatoms. The summed E-state index contributed by atoms with van der Waals surface area (Å²) in [6, 6.07) is 2.35. The van der Waals surface area contributed by atoms with Crippen molar-refractivity contribution < 1.29 is 17.6 Å². The third kappa shape index (κ3) is 3.29. The van der Waals surface area contributed by atoms with Crippen LogP contribution < -0.4 is 8.80 Å². The van der Waals surface area contributed by atoms with Crippen molar-refractivity contribution in [3.8, 4) is 23.0 Å². The number of aryl methyl sites for hydroxylation is 2. The van der Waals surface area contributed by atoms with Crippen LogP contribution >= 0.6 is 0 Å². The van der Waals surface area contributed by atoms with Crippen molar-refractivity contribution in [1.29, 1.82) is 0 Å². The first-order valence-corrected chi connectivity index (χ1v) is 10.5. The summed E-state index contributed by atoms with van der Waals surface area (Å²) in [5, 5.41) is 0. The van der Waals surface area contributed by atoms with Gasteiger partial charge in [-0.25, -0.2) is 0 Å². The van der Waals surface area contributed by atoms with Crippen molar-refractivity contribution in [3.05, 3.63) is 85.5 Å². The third-order valence-electron chi connectivity index (χ3n) is 5.67. The van der Waals surface area contributed by atoms with Crippen molar-refractivity contribution in [3.63, 3.8) is 0 Å². The van der Waals surface area contributed by atoms with Crippen LogP contribution in [0.1, 0.15) is 11.4 Å². The predicted molar refractivity (Wildman–Crippen MR) is 115 cm³/mol. The molecule has 0 radical (unpaired) electrons. The summed E-state index contributed by atoms with van der Waals surface area (Å²) in [6.45, 7) is 0. The smallest absolute Gasteiger partial charge is 0.318 e. The molecule has 172 valence electrons. The van der Waals surface area contributed by atoms with E-state index >= 15 is 8.78 Å². The quantitative estimate of drug-likeness (QED) is 0.285. The standard InChI is InChI=1S/C23H16F2N10/c1-32-15(13-34-9-7-26-11-19(32)34)21-28-5-3-17(30-21)23(24,25)18-4-6-29-22(31-18)16-14-35-10-8-27-12-20(35)33(16)2/h3-12H,1-2H3. The van der Waals surface area contributed by atoms with Gasteiger partial charge in [-0.2, -0.15) is 8.78 Å². The fraction of sp³-hybridized carbons (Fsp3) is 0.130. The van der Waals surface area contributed by atoms with Crippen molar-refractivity contribution in [1.82, 2.24) is 39.0 Å². The van der Waals surface area contributed by atoms with Crippen molar-refractivity contribution in [2.45, 2.75) is 5.92 Å². The van der Waals surface area contributed by atoms with E-state index in [-0.39, 0.29) is 11.6 Å². The van der Waals surface area contributed by atoms with Crippen LogP contribution in [0, 0.1) is 12.4 Å². The Kier molecular flexibility index (Phi) is 4.56. The summed E-state index contributed by atoms with van der Waals surface area (Å²) in [4.78, 5) is 24.9. The minimum absolute atomic E-state index is 0.105. The summed E-state index contributed by atoms with van der Waals surface area (Å²) in [6.07, 6.45) is 18.6. The molecule has 0 aliphatic carbocycles. The Morgan fingerprint density at radius 2 is 1.20 bits per heavy atom. The van der Waals surface area contributed by atoms with Gasteiger partial charge in [-0.15, -0.1) is 0 Å². The Hall–Kier alpha value is -4.74. The number of aromatic nitrogens is 10. The summed E-state index contributed by atoms with van der Waals surface area (Å²) in [7, 11) is 3.53. The van der Waals surface area contributed by atoms with Gasteiger partial charge in [0.2, 0.25) is 11.3 Å². The van der Waals surface area contributed by atoms with E-state index in [9.17, 15) is 0 Å². The maximum absolute atomic E-state index is 15.6. The van der Waals surface area contributed by atoms with Gasteiger partial charge < -0.3 is 8.80 Å². The summed E-state index contributed by atoms with van der Waals surface area (Å²) < 4.78 is 38.1. The number of hydrogen-bond donors (Lipinski definition) is 0. The van der Waals surface area contributed by atoms with Crippen molar-refractivity contribution >= 4 is 11.3 Å². The number of nitrogens with zero attached hydrogens (tertiary/aromatic N) is 10. The van der Waals surface area contributed by atoms with Crippen LogP contribution in [0.4, 0.5) is 8.78 Å². The molecule has 10 nitrogen and oxygen atoms in total. The Balaban J connectivity index is 1.42. The molecule has 6 heterocycles. The normalized spacial score (nSPS) is 12.0. The van der Waals surface area contributed by atoms with E-state index in [0.29, 0.717) is 22.7 Å². The van der Waals surface area contributed by atoms with Gasteiger partial charge in [0.25, 0.3) is 0 Å². The van der Waals surface area contributed by atoms with E-state index < -0.39 is 17.3 Å². The molecule has 0 bridgehead atoms. The molecule has 0 aromatic carbocycles. The number of rotatable bonds is 4. The second kappa shape index (κ2) is 7.65. The second-order valence-electron chi connectivity index (χ2n) is 7.75. The van der Waals surface area contributed by atoms with E-state index in [4.69, 9.17) is 0 Å². The molecular weight excluding hydrogens is 454 g/mol. The first-order chi connectivity index (χ1) is 16.9. The zero-order valence-electron chi connectivity index (χ0n) is 18.5. The number of imidazole rings is 2. The molecule has 6 aromatic heterocycles. The largest absolute Gasteiger partial charge is 0.329 e. The average Bonchev–Trinajstić information content (AvgIpc) is 3.41. The van der Waals surface area contributed by atoms with Crippen LogP contribution in [0.2, 0.25) is 0 Å². The minimum Gasteiger partial charge on any atom is -0.318 e. The van der Waals surface area contributed by atoms with E-state index in [0.717, 1.165) is 0 Å². The first-order valence-electron chi connectivity index (χ1n) is 10.5. The van der Waals surface area contributed by atoms with Crippen molar-refractivity contribution in [2.75, 3.05) is 0 Å². The lowest BCUT2D eigenvalue weighted by Crippen LogP contribution is -2.20. The molecule has 0 atom stereocenters. The maximum atomic E-state index is 15.6. The molecule has 0 unspecified atom stereocenters.